The molecule has 1 aromatic heterocycles. The zero-order valence-electron chi connectivity index (χ0n) is 16.1. The Kier molecular flexibility index (Phi) is 6.11. The van der Waals surface area contributed by atoms with Crippen molar-refractivity contribution in [3.05, 3.63) is 36.2 Å². The van der Waals surface area contributed by atoms with Crippen molar-refractivity contribution in [1.29, 1.82) is 0 Å². The molecule has 1 aliphatic rings. The molecule has 2 aromatic rings. The summed E-state index contributed by atoms with van der Waals surface area (Å²) in [4.78, 5) is 23.2. The fourth-order valence-corrected chi connectivity index (χ4v) is 3.06. The number of carbonyl (C=O) groups excluding carboxylic acids is 1. The molecule has 1 atom stereocenters. The van der Waals surface area contributed by atoms with Gasteiger partial charge in [0.2, 0.25) is 0 Å². The van der Waals surface area contributed by atoms with E-state index < -0.39 is 6.10 Å². The summed E-state index contributed by atoms with van der Waals surface area (Å²) in [5.41, 5.74) is 1.06. The lowest BCUT2D eigenvalue weighted by Crippen LogP contribution is -2.32. The smallest absolute Gasteiger partial charge is 0.266 e. The summed E-state index contributed by atoms with van der Waals surface area (Å²) < 4.78 is 11.1. The zero-order chi connectivity index (χ0) is 19.2. The van der Waals surface area contributed by atoms with Crippen molar-refractivity contribution in [1.82, 2.24) is 9.97 Å². The summed E-state index contributed by atoms with van der Waals surface area (Å²) in [5.74, 6) is 2.17. The van der Waals surface area contributed by atoms with E-state index in [0.29, 0.717) is 17.3 Å². The van der Waals surface area contributed by atoms with Crippen LogP contribution in [0, 0.1) is 6.92 Å². The van der Waals surface area contributed by atoms with Gasteiger partial charge >= 0.3 is 0 Å². The minimum absolute atomic E-state index is 0.277. The van der Waals surface area contributed by atoms with Gasteiger partial charge in [-0.25, -0.2) is 9.97 Å². The molecule has 27 heavy (non-hydrogen) atoms. The Bertz CT molecular complexity index is 791. The Hall–Kier alpha value is -2.83. The van der Waals surface area contributed by atoms with E-state index in [9.17, 15) is 4.79 Å². The van der Waals surface area contributed by atoms with E-state index in [2.05, 4.69) is 20.2 Å². The summed E-state index contributed by atoms with van der Waals surface area (Å²) in [6.45, 7) is 5.63. The number of aryl methyl sites for hydroxylation is 1. The summed E-state index contributed by atoms with van der Waals surface area (Å²) in [7, 11) is 1.58. The molecule has 1 amide bonds. The van der Waals surface area contributed by atoms with Gasteiger partial charge in [0, 0.05) is 19.2 Å². The summed E-state index contributed by atoms with van der Waals surface area (Å²) in [6.07, 6.45) is 4.36. The first-order valence-corrected chi connectivity index (χ1v) is 9.26. The number of amides is 1. The number of nitrogens with one attached hydrogen (secondary N) is 1. The van der Waals surface area contributed by atoms with E-state index in [4.69, 9.17) is 9.47 Å². The van der Waals surface area contributed by atoms with Crippen molar-refractivity contribution in [3.8, 4) is 11.5 Å². The van der Waals surface area contributed by atoms with Crippen LogP contribution in [0.4, 0.5) is 11.6 Å². The van der Waals surface area contributed by atoms with Gasteiger partial charge in [-0.2, -0.15) is 0 Å². The number of benzene rings is 1. The van der Waals surface area contributed by atoms with E-state index >= 15 is 0 Å². The Morgan fingerprint density at radius 1 is 1.15 bits per heavy atom. The van der Waals surface area contributed by atoms with Gasteiger partial charge in [0.1, 0.15) is 18.0 Å². The highest BCUT2D eigenvalue weighted by molar-refractivity contribution is 5.93. The lowest BCUT2D eigenvalue weighted by molar-refractivity contribution is -0.122. The first-order valence-electron chi connectivity index (χ1n) is 9.26. The second-order valence-corrected chi connectivity index (χ2v) is 6.71. The predicted molar refractivity (Wildman–Crippen MR) is 105 cm³/mol. The number of rotatable bonds is 6. The fraction of sp³-hybridized carbons (Fsp3) is 0.450. The minimum Gasteiger partial charge on any atom is -0.493 e. The van der Waals surface area contributed by atoms with Crippen LogP contribution in [-0.2, 0) is 4.79 Å². The minimum atomic E-state index is -0.699. The van der Waals surface area contributed by atoms with E-state index in [1.807, 2.05) is 25.1 Å². The van der Waals surface area contributed by atoms with Crippen LogP contribution in [0.2, 0.25) is 0 Å². The number of ether oxygens (including phenoxy) is 2. The molecule has 7 heteroatoms. The molecule has 1 aliphatic heterocycles. The SMILES string of the molecule is COc1cc(C)ccc1OC(C)C(=O)Nc1cc(N2CCCCC2)ncn1. The molecule has 1 unspecified atom stereocenters. The zero-order valence-corrected chi connectivity index (χ0v) is 16.1. The van der Waals surface area contributed by atoms with Gasteiger partial charge < -0.3 is 19.7 Å². The number of piperidine rings is 1. The molecule has 3 rings (SSSR count). The maximum absolute atomic E-state index is 12.5. The molecule has 0 aliphatic carbocycles. The van der Waals surface area contributed by atoms with Crippen LogP contribution in [-0.4, -0.2) is 42.2 Å². The quantitative estimate of drug-likeness (QED) is 0.842. The molecule has 2 heterocycles. The van der Waals surface area contributed by atoms with E-state index in [0.717, 1.165) is 37.3 Å². The number of hydrogen-bond donors (Lipinski definition) is 1. The average molecular weight is 370 g/mol. The molecule has 1 N–H and O–H groups in total. The first-order chi connectivity index (χ1) is 13.1. The van der Waals surface area contributed by atoms with Crippen LogP contribution in [0.1, 0.15) is 31.7 Å². The molecule has 0 saturated carbocycles. The molecular weight excluding hydrogens is 344 g/mol. The maximum Gasteiger partial charge on any atom is 0.266 e. The highest BCUT2D eigenvalue weighted by Crippen LogP contribution is 2.29. The fourth-order valence-electron chi connectivity index (χ4n) is 3.06. The monoisotopic (exact) mass is 370 g/mol. The average Bonchev–Trinajstić information content (AvgIpc) is 2.70. The van der Waals surface area contributed by atoms with Gasteiger partial charge in [0.05, 0.1) is 7.11 Å². The molecule has 0 radical (unpaired) electrons. The number of aromatic nitrogens is 2. The predicted octanol–water partition coefficient (Wildman–Crippen LogP) is 3.19. The van der Waals surface area contributed by atoms with Crippen LogP contribution in [0.15, 0.2) is 30.6 Å². The first kappa shape index (κ1) is 18.9. The van der Waals surface area contributed by atoms with Crippen LogP contribution in [0.25, 0.3) is 0 Å². The normalized spacial score (nSPS) is 15.1. The third-order valence-electron chi connectivity index (χ3n) is 4.58. The second kappa shape index (κ2) is 8.70. The largest absolute Gasteiger partial charge is 0.493 e. The van der Waals surface area contributed by atoms with E-state index in [1.165, 1.54) is 12.7 Å². The van der Waals surface area contributed by atoms with Crippen molar-refractivity contribution in [2.75, 3.05) is 30.4 Å². The summed E-state index contributed by atoms with van der Waals surface area (Å²) in [6, 6.07) is 7.40. The van der Waals surface area contributed by atoms with Gasteiger partial charge in [-0.3, -0.25) is 4.79 Å². The Morgan fingerprint density at radius 3 is 2.67 bits per heavy atom. The third kappa shape index (κ3) is 4.87. The molecule has 0 bridgehead atoms. The Labute approximate surface area is 159 Å². The second-order valence-electron chi connectivity index (χ2n) is 6.71. The molecule has 1 aromatic carbocycles. The summed E-state index contributed by atoms with van der Waals surface area (Å²) >= 11 is 0. The molecule has 0 spiro atoms. The molecule has 1 fully saturated rings. The van der Waals surface area contributed by atoms with Crippen molar-refractivity contribution in [3.63, 3.8) is 0 Å². The molecule has 144 valence electrons. The molecular formula is C20H26N4O3. The third-order valence-corrected chi connectivity index (χ3v) is 4.58. The number of carbonyl (C=O) groups is 1. The van der Waals surface area contributed by atoms with Crippen LogP contribution < -0.4 is 19.7 Å². The van der Waals surface area contributed by atoms with Crippen molar-refractivity contribution in [2.24, 2.45) is 0 Å². The van der Waals surface area contributed by atoms with E-state index in [-0.39, 0.29) is 5.91 Å². The topological polar surface area (TPSA) is 76.6 Å². The van der Waals surface area contributed by atoms with Crippen LogP contribution in [0.5, 0.6) is 11.5 Å². The van der Waals surface area contributed by atoms with Gasteiger partial charge in [0.25, 0.3) is 5.91 Å². The molecule has 1 saturated heterocycles. The number of anilines is 2. The maximum atomic E-state index is 12.5. The van der Waals surface area contributed by atoms with Gasteiger partial charge in [0.15, 0.2) is 17.6 Å². The number of nitrogens with zero attached hydrogens (tertiary/aromatic N) is 3. The highest BCUT2D eigenvalue weighted by atomic mass is 16.5. The van der Waals surface area contributed by atoms with Gasteiger partial charge in [-0.05, 0) is 50.8 Å². The standard InChI is InChI=1S/C20H26N4O3/c1-14-7-8-16(17(11-14)26-3)27-15(2)20(25)23-18-12-19(22-13-21-18)24-9-5-4-6-10-24/h7-8,11-13,15H,4-6,9-10H2,1-3H3,(H,21,22,23,25). The Balaban J connectivity index is 1.64. The van der Waals surface area contributed by atoms with Gasteiger partial charge in [-0.1, -0.05) is 6.07 Å². The van der Waals surface area contributed by atoms with E-state index in [1.54, 1.807) is 20.1 Å². The molecule has 7 nitrogen and oxygen atoms in total. The van der Waals surface area contributed by atoms with Crippen molar-refractivity contribution in [2.45, 2.75) is 39.2 Å². The van der Waals surface area contributed by atoms with Crippen LogP contribution >= 0.6 is 0 Å². The van der Waals surface area contributed by atoms with Crippen molar-refractivity contribution >= 4 is 17.5 Å². The number of hydrogen-bond acceptors (Lipinski definition) is 6. The Morgan fingerprint density at radius 2 is 1.93 bits per heavy atom. The number of methoxy groups -OCH3 is 1. The summed E-state index contributed by atoms with van der Waals surface area (Å²) in [5, 5.41) is 2.81. The lowest BCUT2D eigenvalue weighted by atomic mass is 10.1. The van der Waals surface area contributed by atoms with Crippen LogP contribution in [0.3, 0.4) is 0 Å². The van der Waals surface area contributed by atoms with Gasteiger partial charge in [-0.15, -0.1) is 0 Å². The van der Waals surface area contributed by atoms with Crippen molar-refractivity contribution < 1.29 is 14.3 Å². The lowest BCUT2D eigenvalue weighted by Gasteiger charge is -2.27. The highest BCUT2D eigenvalue weighted by Gasteiger charge is 2.19.